The molecule has 0 aliphatic carbocycles. The summed E-state index contributed by atoms with van der Waals surface area (Å²) in [6, 6.07) is 14.3. The Balaban J connectivity index is 2.35. The number of methoxy groups -OCH3 is 1. The number of alkyl carbamates (subject to hydrolysis) is 1. The number of ether oxygens (including phenoxy) is 2. The Morgan fingerprint density at radius 2 is 1.72 bits per heavy atom. The van der Waals surface area contributed by atoms with Crippen molar-refractivity contribution >= 4 is 22.3 Å². The number of benzene rings is 2. The largest absolute Gasteiger partial charge is 0.497 e. The summed E-state index contributed by atoms with van der Waals surface area (Å²) in [6.45, 7) is 8.54. The highest BCUT2D eigenvalue weighted by molar-refractivity contribution is 7.89. The van der Waals surface area contributed by atoms with Gasteiger partial charge in [-0.25, -0.2) is 4.79 Å². The first-order chi connectivity index (χ1) is 16.8. The van der Waals surface area contributed by atoms with Crippen molar-refractivity contribution in [2.45, 2.75) is 63.7 Å². The van der Waals surface area contributed by atoms with Gasteiger partial charge in [0, 0.05) is 6.21 Å². The fraction of sp³-hybridized carbons (Fsp3) is 0.462. The molecule has 0 saturated carbocycles. The first kappa shape index (κ1) is 29.1. The van der Waals surface area contributed by atoms with E-state index < -0.39 is 33.9 Å². The summed E-state index contributed by atoms with van der Waals surface area (Å²) in [5.41, 5.74) is 0.116. The molecule has 0 unspecified atom stereocenters. The van der Waals surface area contributed by atoms with Gasteiger partial charge < -0.3 is 19.9 Å². The third-order valence-corrected chi connectivity index (χ3v) is 6.60. The standard InChI is InChI=1S/C26H37N3O6S/c1-19(2)17-27-29(36(32,33)22-14-12-21(34-6)13-15-22)18-24(30)23(16-20-10-8-7-9-11-20)28-25(31)35-26(3,4)5/h7-15,17,19,23-24,30H,16,18H2,1-6H3,(H,28,31)/b27-17+/t23-,24+/m0/s1. The third-order valence-electron chi connectivity index (χ3n) is 4.94. The van der Waals surface area contributed by atoms with Crippen LogP contribution >= 0.6 is 0 Å². The van der Waals surface area contributed by atoms with E-state index in [4.69, 9.17) is 9.47 Å². The van der Waals surface area contributed by atoms with Crippen LogP contribution in [0.3, 0.4) is 0 Å². The molecule has 0 heterocycles. The van der Waals surface area contributed by atoms with Crippen LogP contribution in [-0.2, 0) is 21.2 Å². The van der Waals surface area contributed by atoms with Crippen LogP contribution in [0, 0.1) is 5.92 Å². The molecule has 2 rings (SSSR count). The molecule has 0 saturated heterocycles. The maximum Gasteiger partial charge on any atom is 0.407 e. The first-order valence-electron chi connectivity index (χ1n) is 11.7. The predicted molar refractivity (Wildman–Crippen MR) is 140 cm³/mol. The van der Waals surface area contributed by atoms with Gasteiger partial charge in [0.25, 0.3) is 10.0 Å². The van der Waals surface area contributed by atoms with Crippen LogP contribution in [0.4, 0.5) is 4.79 Å². The van der Waals surface area contributed by atoms with Gasteiger partial charge in [-0.05, 0) is 62.9 Å². The molecule has 0 fully saturated rings. The van der Waals surface area contributed by atoms with Crippen molar-refractivity contribution in [2.24, 2.45) is 11.0 Å². The Kier molecular flexibility index (Phi) is 10.3. The zero-order chi connectivity index (χ0) is 26.9. The van der Waals surface area contributed by atoms with Gasteiger partial charge in [0.05, 0.1) is 30.7 Å². The number of nitrogens with zero attached hydrogens (tertiary/aromatic N) is 2. The van der Waals surface area contributed by atoms with Crippen molar-refractivity contribution in [1.29, 1.82) is 0 Å². The van der Waals surface area contributed by atoms with Gasteiger partial charge in [-0.3, -0.25) is 0 Å². The second-order valence-electron chi connectivity index (χ2n) is 9.70. The minimum atomic E-state index is -4.10. The summed E-state index contributed by atoms with van der Waals surface area (Å²) in [7, 11) is -2.61. The highest BCUT2D eigenvalue weighted by Crippen LogP contribution is 2.21. The fourth-order valence-electron chi connectivity index (χ4n) is 3.18. The summed E-state index contributed by atoms with van der Waals surface area (Å²) in [6.07, 6.45) is -0.264. The molecule has 0 bridgehead atoms. The lowest BCUT2D eigenvalue weighted by Crippen LogP contribution is -2.50. The molecule has 198 valence electrons. The highest BCUT2D eigenvalue weighted by Gasteiger charge is 2.31. The number of nitrogens with one attached hydrogen (secondary N) is 1. The molecule has 0 aliphatic heterocycles. The number of carbonyl (C=O) groups excluding carboxylic acids is 1. The van der Waals surface area contributed by atoms with Gasteiger partial charge in [0.1, 0.15) is 11.4 Å². The first-order valence-corrected chi connectivity index (χ1v) is 13.2. The molecule has 0 spiro atoms. The summed E-state index contributed by atoms with van der Waals surface area (Å²) < 4.78 is 38.2. The van der Waals surface area contributed by atoms with E-state index in [1.54, 1.807) is 20.8 Å². The fourth-order valence-corrected chi connectivity index (χ4v) is 4.43. The monoisotopic (exact) mass is 519 g/mol. The smallest absolute Gasteiger partial charge is 0.407 e. The molecule has 2 atom stereocenters. The number of sulfonamides is 1. The Bertz CT molecular complexity index is 1100. The van der Waals surface area contributed by atoms with Crippen molar-refractivity contribution < 1.29 is 27.8 Å². The molecule has 9 nitrogen and oxygen atoms in total. The molecule has 0 aliphatic rings. The second kappa shape index (κ2) is 12.7. The number of aliphatic hydroxyl groups is 1. The molecule has 10 heteroatoms. The minimum Gasteiger partial charge on any atom is -0.497 e. The lowest BCUT2D eigenvalue weighted by Gasteiger charge is -2.29. The summed E-state index contributed by atoms with van der Waals surface area (Å²) in [4.78, 5) is 12.5. The second-order valence-corrected chi connectivity index (χ2v) is 11.5. The summed E-state index contributed by atoms with van der Waals surface area (Å²) >= 11 is 0. The lowest BCUT2D eigenvalue weighted by atomic mass is 10.0. The van der Waals surface area contributed by atoms with E-state index in [1.165, 1.54) is 37.6 Å². The zero-order valence-corrected chi connectivity index (χ0v) is 22.5. The topological polar surface area (TPSA) is 118 Å². The van der Waals surface area contributed by atoms with Crippen molar-refractivity contribution in [1.82, 2.24) is 9.73 Å². The number of carbonyl (C=O) groups is 1. The van der Waals surface area contributed by atoms with E-state index in [0.717, 1.165) is 9.98 Å². The van der Waals surface area contributed by atoms with E-state index in [0.29, 0.717) is 5.75 Å². The van der Waals surface area contributed by atoms with E-state index in [-0.39, 0.29) is 23.8 Å². The molecule has 2 aromatic rings. The van der Waals surface area contributed by atoms with Gasteiger partial charge in [-0.2, -0.15) is 17.9 Å². The molecule has 2 aromatic carbocycles. The van der Waals surface area contributed by atoms with Crippen molar-refractivity contribution in [3.8, 4) is 5.75 Å². The number of hydrazone groups is 1. The maximum absolute atomic E-state index is 13.4. The lowest BCUT2D eigenvalue weighted by molar-refractivity contribution is 0.0403. The quantitative estimate of drug-likeness (QED) is 0.344. The Morgan fingerprint density at radius 1 is 1.11 bits per heavy atom. The SMILES string of the molecule is COc1ccc(S(=O)(=O)N(C[C@@H](O)[C@H](Cc2ccccc2)NC(=O)OC(C)(C)C)/N=C/C(C)C)cc1. The van der Waals surface area contributed by atoms with Gasteiger partial charge in [0.2, 0.25) is 0 Å². The van der Waals surface area contributed by atoms with E-state index >= 15 is 0 Å². The van der Waals surface area contributed by atoms with E-state index in [2.05, 4.69) is 10.4 Å². The number of hydrogen-bond acceptors (Lipinski definition) is 7. The summed E-state index contributed by atoms with van der Waals surface area (Å²) in [5.74, 6) is 0.478. The van der Waals surface area contributed by atoms with Crippen LogP contribution < -0.4 is 10.1 Å². The van der Waals surface area contributed by atoms with Crippen molar-refractivity contribution in [3.05, 3.63) is 60.2 Å². The van der Waals surface area contributed by atoms with Gasteiger partial charge in [-0.1, -0.05) is 44.2 Å². The Morgan fingerprint density at radius 3 is 2.25 bits per heavy atom. The number of amides is 1. The molecule has 36 heavy (non-hydrogen) atoms. The van der Waals surface area contributed by atoms with Gasteiger partial charge in [-0.15, -0.1) is 0 Å². The normalized spacial score (nSPS) is 13.9. The molecule has 2 N–H and O–H groups in total. The van der Waals surface area contributed by atoms with Crippen molar-refractivity contribution in [2.75, 3.05) is 13.7 Å². The number of rotatable bonds is 11. The predicted octanol–water partition coefficient (Wildman–Crippen LogP) is 3.82. The van der Waals surface area contributed by atoms with Crippen LogP contribution in [0.25, 0.3) is 0 Å². The highest BCUT2D eigenvalue weighted by atomic mass is 32.2. The summed E-state index contributed by atoms with van der Waals surface area (Å²) in [5, 5.41) is 18.0. The van der Waals surface area contributed by atoms with E-state index in [1.807, 2.05) is 44.2 Å². The third kappa shape index (κ3) is 9.16. The van der Waals surface area contributed by atoms with Gasteiger partial charge >= 0.3 is 6.09 Å². The molecule has 0 aromatic heterocycles. The van der Waals surface area contributed by atoms with Crippen molar-refractivity contribution in [3.63, 3.8) is 0 Å². The van der Waals surface area contributed by atoms with Crippen LogP contribution in [0.15, 0.2) is 64.6 Å². The molecular formula is C26H37N3O6S. The molecule has 0 radical (unpaired) electrons. The average Bonchev–Trinajstić information content (AvgIpc) is 2.80. The Labute approximate surface area is 214 Å². The molecule has 1 amide bonds. The zero-order valence-electron chi connectivity index (χ0n) is 21.7. The maximum atomic E-state index is 13.4. The number of aliphatic hydroxyl groups excluding tert-OH is 1. The van der Waals surface area contributed by atoms with Crippen LogP contribution in [-0.4, -0.2) is 61.6 Å². The number of hydrogen-bond donors (Lipinski definition) is 2. The minimum absolute atomic E-state index is 0.00360. The van der Waals surface area contributed by atoms with E-state index in [9.17, 15) is 18.3 Å². The van der Waals surface area contributed by atoms with Crippen LogP contribution in [0.5, 0.6) is 5.75 Å². The van der Waals surface area contributed by atoms with Crippen LogP contribution in [0.2, 0.25) is 0 Å². The average molecular weight is 520 g/mol. The van der Waals surface area contributed by atoms with Gasteiger partial charge in [0.15, 0.2) is 0 Å². The Hall–Kier alpha value is -3.11. The van der Waals surface area contributed by atoms with Crippen LogP contribution in [0.1, 0.15) is 40.2 Å². The molecular weight excluding hydrogens is 482 g/mol.